The van der Waals surface area contributed by atoms with Gasteiger partial charge in [0.25, 0.3) is 0 Å². The van der Waals surface area contributed by atoms with E-state index in [1.54, 1.807) is 6.21 Å². The molecule has 2 rings (SSSR count). The molecule has 2 aromatic carbocycles. The number of fused-ring (bicyclic) bond motifs is 1. The topological polar surface area (TPSA) is 41.5 Å². The first-order valence-electron chi connectivity index (χ1n) is 8.88. The molecular weight excluding hydrogens is 308 g/mol. The summed E-state index contributed by atoms with van der Waals surface area (Å²) in [5.74, 6) is -0.0966. The van der Waals surface area contributed by atoms with E-state index in [0.29, 0.717) is 0 Å². The number of benzene rings is 2. The molecule has 1 unspecified atom stereocenters. The third-order valence-corrected chi connectivity index (χ3v) is 4.34. The van der Waals surface area contributed by atoms with Crippen molar-refractivity contribution in [3.05, 3.63) is 48.0 Å². The molecule has 0 heterocycles. The summed E-state index contributed by atoms with van der Waals surface area (Å²) in [5, 5.41) is 6.55. The molecule has 1 atom stereocenters. The minimum Gasteiger partial charge on any atom is -0.273 e. The third kappa shape index (κ3) is 5.70. The summed E-state index contributed by atoms with van der Waals surface area (Å²) < 4.78 is 0. The van der Waals surface area contributed by atoms with Gasteiger partial charge in [0, 0.05) is 5.92 Å². The van der Waals surface area contributed by atoms with Gasteiger partial charge in [-0.05, 0) is 39.7 Å². The molecule has 134 valence electrons. The Morgan fingerprint density at radius 1 is 1.04 bits per heavy atom. The summed E-state index contributed by atoms with van der Waals surface area (Å²) in [7, 11) is 0. The molecule has 0 aliphatic carbocycles. The van der Waals surface area contributed by atoms with Gasteiger partial charge in [-0.1, -0.05) is 77.9 Å². The minimum atomic E-state index is -0.101. The van der Waals surface area contributed by atoms with Gasteiger partial charge in [-0.15, -0.1) is 0 Å². The zero-order valence-electron chi connectivity index (χ0n) is 16.3. The van der Waals surface area contributed by atoms with Gasteiger partial charge in [-0.25, -0.2) is 5.43 Å². The van der Waals surface area contributed by atoms with Crippen molar-refractivity contribution >= 4 is 22.9 Å². The maximum atomic E-state index is 12.6. The van der Waals surface area contributed by atoms with Gasteiger partial charge in [0.05, 0.1) is 6.21 Å². The first kappa shape index (κ1) is 19.2. The molecule has 0 aliphatic heterocycles. The Morgan fingerprint density at radius 3 is 2.28 bits per heavy atom. The number of rotatable bonds is 4. The van der Waals surface area contributed by atoms with Crippen LogP contribution in [0.25, 0.3) is 10.8 Å². The standard InChI is InChI=1S/C22H30N2O/c1-21(2,3)14-19(22(4,5)6)20(25)24-23-15-16-11-12-17-9-7-8-10-18(17)13-16/h7-13,15,19H,14H2,1-6H3,(H,24,25)/b23-15+. The van der Waals surface area contributed by atoms with Crippen molar-refractivity contribution in [2.75, 3.05) is 0 Å². The summed E-state index contributed by atoms with van der Waals surface area (Å²) in [4.78, 5) is 12.6. The second-order valence-corrected chi connectivity index (χ2v) is 9.02. The zero-order valence-corrected chi connectivity index (χ0v) is 16.3. The normalized spacial score (nSPS) is 14.0. The lowest BCUT2D eigenvalue weighted by Gasteiger charge is -2.33. The monoisotopic (exact) mass is 338 g/mol. The lowest BCUT2D eigenvalue weighted by molar-refractivity contribution is -0.129. The van der Waals surface area contributed by atoms with Crippen molar-refractivity contribution in [3.8, 4) is 0 Å². The molecule has 0 aliphatic rings. The van der Waals surface area contributed by atoms with Crippen LogP contribution in [0.5, 0.6) is 0 Å². The second-order valence-electron chi connectivity index (χ2n) is 9.02. The van der Waals surface area contributed by atoms with Crippen LogP contribution in [-0.4, -0.2) is 12.1 Å². The summed E-state index contributed by atoms with van der Waals surface area (Å²) in [6.07, 6.45) is 2.54. The fourth-order valence-corrected chi connectivity index (χ4v) is 2.94. The van der Waals surface area contributed by atoms with E-state index in [1.165, 1.54) is 5.39 Å². The number of nitrogens with one attached hydrogen (secondary N) is 1. The molecule has 0 spiro atoms. The average Bonchev–Trinajstić information content (AvgIpc) is 2.50. The molecule has 1 amide bonds. The van der Waals surface area contributed by atoms with Crippen LogP contribution in [-0.2, 0) is 4.79 Å². The van der Waals surface area contributed by atoms with Gasteiger partial charge in [-0.2, -0.15) is 5.10 Å². The Kier molecular flexibility index (Phi) is 5.66. The first-order chi connectivity index (χ1) is 11.6. The quantitative estimate of drug-likeness (QED) is 0.589. The highest BCUT2D eigenvalue weighted by Gasteiger charge is 2.34. The number of amides is 1. The lowest BCUT2D eigenvalue weighted by atomic mass is 9.72. The van der Waals surface area contributed by atoms with Crippen LogP contribution in [0.4, 0.5) is 0 Å². The molecule has 0 bridgehead atoms. The molecule has 3 heteroatoms. The van der Waals surface area contributed by atoms with Crippen molar-refractivity contribution in [2.45, 2.75) is 48.0 Å². The van der Waals surface area contributed by atoms with E-state index in [9.17, 15) is 4.79 Å². The van der Waals surface area contributed by atoms with Crippen LogP contribution in [0.3, 0.4) is 0 Å². The van der Waals surface area contributed by atoms with E-state index in [1.807, 2.05) is 18.2 Å². The molecule has 0 aromatic heterocycles. The predicted octanol–water partition coefficient (Wildman–Crippen LogP) is 5.39. The van der Waals surface area contributed by atoms with Crippen LogP contribution in [0.2, 0.25) is 0 Å². The molecule has 0 saturated heterocycles. The fraction of sp³-hybridized carbons (Fsp3) is 0.455. The number of carbonyl (C=O) groups excluding carboxylic acids is 1. The molecule has 0 radical (unpaired) electrons. The zero-order chi connectivity index (χ0) is 18.7. The van der Waals surface area contributed by atoms with Crippen LogP contribution < -0.4 is 5.43 Å². The molecule has 0 saturated carbocycles. The van der Waals surface area contributed by atoms with Gasteiger partial charge in [0.1, 0.15) is 0 Å². The maximum absolute atomic E-state index is 12.6. The fourth-order valence-electron chi connectivity index (χ4n) is 2.94. The molecule has 0 fully saturated rings. The van der Waals surface area contributed by atoms with E-state index in [4.69, 9.17) is 0 Å². The minimum absolute atomic E-state index is 0.0144. The molecule has 25 heavy (non-hydrogen) atoms. The summed E-state index contributed by atoms with van der Waals surface area (Å²) >= 11 is 0. The lowest BCUT2D eigenvalue weighted by Crippen LogP contribution is -2.38. The predicted molar refractivity (Wildman–Crippen MR) is 107 cm³/mol. The number of hydrogen-bond donors (Lipinski definition) is 1. The van der Waals surface area contributed by atoms with E-state index < -0.39 is 0 Å². The van der Waals surface area contributed by atoms with Crippen LogP contribution in [0.1, 0.15) is 53.5 Å². The smallest absolute Gasteiger partial charge is 0.243 e. The summed E-state index contributed by atoms with van der Waals surface area (Å²) in [5.41, 5.74) is 3.71. The first-order valence-corrected chi connectivity index (χ1v) is 8.88. The average molecular weight is 338 g/mol. The third-order valence-electron chi connectivity index (χ3n) is 4.34. The number of hydrazone groups is 1. The number of nitrogens with zero attached hydrogens (tertiary/aromatic N) is 1. The van der Waals surface area contributed by atoms with Crippen molar-refractivity contribution in [2.24, 2.45) is 21.8 Å². The molecule has 1 N–H and O–H groups in total. The van der Waals surface area contributed by atoms with Crippen LogP contribution >= 0.6 is 0 Å². The van der Waals surface area contributed by atoms with Gasteiger partial charge in [0.15, 0.2) is 0 Å². The largest absolute Gasteiger partial charge is 0.273 e. The van der Waals surface area contributed by atoms with Crippen molar-refractivity contribution < 1.29 is 4.79 Å². The van der Waals surface area contributed by atoms with Gasteiger partial charge < -0.3 is 0 Å². The van der Waals surface area contributed by atoms with E-state index in [0.717, 1.165) is 17.4 Å². The Bertz CT molecular complexity index is 763. The van der Waals surface area contributed by atoms with Gasteiger partial charge in [-0.3, -0.25) is 4.79 Å². The van der Waals surface area contributed by atoms with E-state index in [2.05, 4.69) is 76.3 Å². The molecular formula is C22H30N2O. The highest BCUT2D eigenvalue weighted by atomic mass is 16.2. The Hall–Kier alpha value is -2.16. The summed E-state index contributed by atoms with van der Waals surface area (Å²) in [6.45, 7) is 12.8. The Morgan fingerprint density at radius 2 is 1.68 bits per heavy atom. The second kappa shape index (κ2) is 7.38. The molecule has 2 aromatic rings. The van der Waals surface area contributed by atoms with E-state index >= 15 is 0 Å². The van der Waals surface area contributed by atoms with E-state index in [-0.39, 0.29) is 22.7 Å². The van der Waals surface area contributed by atoms with Crippen molar-refractivity contribution in [3.63, 3.8) is 0 Å². The van der Waals surface area contributed by atoms with Crippen molar-refractivity contribution in [1.29, 1.82) is 0 Å². The Balaban J connectivity index is 2.08. The van der Waals surface area contributed by atoms with Crippen LogP contribution in [0, 0.1) is 16.7 Å². The van der Waals surface area contributed by atoms with Crippen molar-refractivity contribution in [1.82, 2.24) is 5.43 Å². The highest BCUT2D eigenvalue weighted by molar-refractivity contribution is 5.91. The number of hydrogen-bond acceptors (Lipinski definition) is 2. The van der Waals surface area contributed by atoms with Crippen LogP contribution in [0.15, 0.2) is 47.6 Å². The SMILES string of the molecule is CC(C)(C)CC(C(=O)N/N=C/c1ccc2ccccc2c1)C(C)(C)C. The van der Waals surface area contributed by atoms with Gasteiger partial charge >= 0.3 is 0 Å². The highest BCUT2D eigenvalue weighted by Crippen LogP contribution is 2.36. The van der Waals surface area contributed by atoms with Gasteiger partial charge in [0.2, 0.25) is 5.91 Å². The summed E-state index contributed by atoms with van der Waals surface area (Å²) in [6, 6.07) is 14.3. The number of carbonyl (C=O) groups is 1. The molecule has 3 nitrogen and oxygen atoms in total. The Labute approximate surface area is 151 Å². The maximum Gasteiger partial charge on any atom is 0.243 e.